The minimum atomic E-state index is -0.260. The minimum absolute atomic E-state index is 0.0624. The third-order valence-electron chi connectivity index (χ3n) is 4.96. The lowest BCUT2D eigenvalue weighted by molar-refractivity contribution is 0.0741. The van der Waals surface area contributed by atoms with Crippen LogP contribution in [0.15, 0.2) is 48.5 Å². The number of amides is 1. The molecule has 2 N–H and O–H groups in total. The Bertz CT molecular complexity index is 981. The van der Waals surface area contributed by atoms with E-state index >= 15 is 0 Å². The van der Waals surface area contributed by atoms with E-state index in [0.717, 1.165) is 24.0 Å². The summed E-state index contributed by atoms with van der Waals surface area (Å²) in [5, 5.41) is 18.2. The number of H-pyrrole nitrogens is 1. The van der Waals surface area contributed by atoms with Crippen molar-refractivity contribution in [3.63, 3.8) is 0 Å². The number of aromatic amines is 1. The standard InChI is InChI=1S/C21H20ClN3O2/c1-2-3-12-25-20(13-8-10-14(22)11-9-13)17-18(23-24-19(17)21(25)27)15-6-4-5-7-16(15)26/h4-11,20,26H,2-3,12H2,1H3,(H,23,24)/t20-/m1/s1. The summed E-state index contributed by atoms with van der Waals surface area (Å²) < 4.78 is 0. The van der Waals surface area contributed by atoms with Gasteiger partial charge in [-0.25, -0.2) is 0 Å². The van der Waals surface area contributed by atoms with Crippen LogP contribution in [0.5, 0.6) is 5.75 Å². The van der Waals surface area contributed by atoms with E-state index < -0.39 is 0 Å². The number of benzene rings is 2. The van der Waals surface area contributed by atoms with Crippen molar-refractivity contribution < 1.29 is 9.90 Å². The van der Waals surface area contributed by atoms with Crippen LogP contribution >= 0.6 is 11.6 Å². The number of hydrogen-bond donors (Lipinski definition) is 2. The highest BCUT2D eigenvalue weighted by Crippen LogP contribution is 2.44. The molecular weight excluding hydrogens is 362 g/mol. The van der Waals surface area contributed by atoms with Crippen molar-refractivity contribution in [2.45, 2.75) is 25.8 Å². The van der Waals surface area contributed by atoms with Crippen molar-refractivity contribution in [1.29, 1.82) is 0 Å². The number of rotatable bonds is 5. The van der Waals surface area contributed by atoms with E-state index in [9.17, 15) is 9.90 Å². The third-order valence-corrected chi connectivity index (χ3v) is 5.21. The van der Waals surface area contributed by atoms with Gasteiger partial charge in [0.25, 0.3) is 5.91 Å². The number of phenolic OH excluding ortho intramolecular Hbond substituents is 1. The Labute approximate surface area is 162 Å². The van der Waals surface area contributed by atoms with Gasteiger partial charge in [-0.3, -0.25) is 9.89 Å². The number of phenols is 1. The van der Waals surface area contributed by atoms with E-state index in [0.29, 0.717) is 28.5 Å². The molecule has 1 amide bonds. The first kappa shape index (κ1) is 17.6. The highest BCUT2D eigenvalue weighted by atomic mass is 35.5. The average molecular weight is 382 g/mol. The quantitative estimate of drug-likeness (QED) is 0.668. The van der Waals surface area contributed by atoms with E-state index in [1.165, 1.54) is 0 Å². The van der Waals surface area contributed by atoms with Gasteiger partial charge in [0.1, 0.15) is 17.1 Å². The van der Waals surface area contributed by atoms with Gasteiger partial charge in [-0.1, -0.05) is 49.2 Å². The van der Waals surface area contributed by atoms with Crippen LogP contribution < -0.4 is 0 Å². The Morgan fingerprint density at radius 3 is 2.63 bits per heavy atom. The number of unbranched alkanes of at least 4 members (excludes halogenated alkanes) is 1. The maximum Gasteiger partial charge on any atom is 0.273 e. The summed E-state index contributed by atoms with van der Waals surface area (Å²) in [6.45, 7) is 2.76. The molecule has 1 aliphatic rings. The van der Waals surface area contributed by atoms with Crippen molar-refractivity contribution in [3.05, 3.63) is 70.4 Å². The smallest absolute Gasteiger partial charge is 0.273 e. The normalized spacial score (nSPS) is 16.0. The maximum absolute atomic E-state index is 13.0. The first-order chi connectivity index (χ1) is 13.1. The second kappa shape index (κ2) is 7.08. The number of carbonyl (C=O) groups is 1. The van der Waals surface area contributed by atoms with E-state index in [4.69, 9.17) is 11.6 Å². The first-order valence-electron chi connectivity index (χ1n) is 9.05. The number of nitrogens with zero attached hydrogens (tertiary/aromatic N) is 2. The predicted molar refractivity (Wildman–Crippen MR) is 105 cm³/mol. The van der Waals surface area contributed by atoms with Gasteiger partial charge in [-0.05, 0) is 36.2 Å². The average Bonchev–Trinajstić information content (AvgIpc) is 3.21. The molecule has 27 heavy (non-hydrogen) atoms. The van der Waals surface area contributed by atoms with Crippen molar-refractivity contribution in [1.82, 2.24) is 15.1 Å². The molecule has 5 nitrogen and oxygen atoms in total. The number of fused-ring (bicyclic) bond motifs is 1. The zero-order chi connectivity index (χ0) is 19.0. The SMILES string of the molecule is CCCCN1C(=O)c2[nH]nc(-c3ccccc3O)c2[C@H]1c1ccc(Cl)cc1. The van der Waals surface area contributed by atoms with Crippen LogP contribution in [0, 0.1) is 0 Å². The van der Waals surface area contributed by atoms with Gasteiger partial charge in [0.2, 0.25) is 0 Å². The zero-order valence-corrected chi connectivity index (χ0v) is 15.7. The molecule has 6 heteroatoms. The summed E-state index contributed by atoms with van der Waals surface area (Å²) in [7, 11) is 0. The van der Waals surface area contributed by atoms with Crippen LogP contribution in [-0.4, -0.2) is 32.7 Å². The van der Waals surface area contributed by atoms with Crippen LogP contribution in [0.1, 0.15) is 47.4 Å². The number of aromatic hydroxyl groups is 1. The molecule has 0 bridgehead atoms. The molecule has 1 aliphatic heterocycles. The Balaban J connectivity index is 1.88. The van der Waals surface area contributed by atoms with Gasteiger partial charge in [0.15, 0.2) is 0 Å². The second-order valence-corrected chi connectivity index (χ2v) is 7.12. The molecule has 0 aliphatic carbocycles. The summed E-state index contributed by atoms with van der Waals surface area (Å²) in [5.41, 5.74) is 3.49. The molecular formula is C21H20ClN3O2. The molecule has 2 heterocycles. The molecule has 1 atom stereocenters. The number of aromatic nitrogens is 2. The number of para-hydroxylation sites is 1. The Hall–Kier alpha value is -2.79. The summed E-state index contributed by atoms with van der Waals surface area (Å²) in [5.74, 6) is 0.0775. The Morgan fingerprint density at radius 1 is 1.19 bits per heavy atom. The first-order valence-corrected chi connectivity index (χ1v) is 9.42. The number of nitrogens with one attached hydrogen (secondary N) is 1. The fraction of sp³-hybridized carbons (Fsp3) is 0.238. The second-order valence-electron chi connectivity index (χ2n) is 6.68. The van der Waals surface area contributed by atoms with E-state index in [1.807, 2.05) is 41.3 Å². The lowest BCUT2D eigenvalue weighted by Gasteiger charge is -2.26. The number of hydrogen-bond acceptors (Lipinski definition) is 3. The summed E-state index contributed by atoms with van der Waals surface area (Å²) in [6, 6.07) is 14.3. The van der Waals surface area contributed by atoms with Crippen molar-refractivity contribution >= 4 is 17.5 Å². The predicted octanol–water partition coefficient (Wildman–Crippen LogP) is 4.78. The molecule has 4 rings (SSSR count). The van der Waals surface area contributed by atoms with Crippen molar-refractivity contribution in [3.8, 4) is 17.0 Å². The zero-order valence-electron chi connectivity index (χ0n) is 14.9. The van der Waals surface area contributed by atoms with Crippen LogP contribution in [0.4, 0.5) is 0 Å². The molecule has 0 spiro atoms. The van der Waals surface area contributed by atoms with Crippen LogP contribution in [0.25, 0.3) is 11.3 Å². The molecule has 3 aromatic rings. The van der Waals surface area contributed by atoms with Gasteiger partial charge < -0.3 is 10.0 Å². The minimum Gasteiger partial charge on any atom is -0.507 e. The van der Waals surface area contributed by atoms with Crippen LogP contribution in [0.3, 0.4) is 0 Å². The van der Waals surface area contributed by atoms with Crippen molar-refractivity contribution in [2.75, 3.05) is 6.54 Å². The summed E-state index contributed by atoms with van der Waals surface area (Å²) >= 11 is 6.06. The molecule has 0 saturated heterocycles. The lowest BCUT2D eigenvalue weighted by Crippen LogP contribution is -2.30. The highest BCUT2D eigenvalue weighted by Gasteiger charge is 2.42. The lowest BCUT2D eigenvalue weighted by atomic mass is 9.95. The Morgan fingerprint density at radius 2 is 1.93 bits per heavy atom. The van der Waals surface area contributed by atoms with Gasteiger partial charge in [-0.2, -0.15) is 5.10 Å². The number of halogens is 1. The van der Waals surface area contributed by atoms with E-state index in [2.05, 4.69) is 17.1 Å². The van der Waals surface area contributed by atoms with Gasteiger partial charge in [0.05, 0.1) is 6.04 Å². The highest BCUT2D eigenvalue weighted by molar-refractivity contribution is 6.30. The van der Waals surface area contributed by atoms with E-state index in [1.54, 1.807) is 12.1 Å². The molecule has 1 aromatic heterocycles. The topological polar surface area (TPSA) is 69.2 Å². The molecule has 0 radical (unpaired) electrons. The summed E-state index contributed by atoms with van der Waals surface area (Å²) in [4.78, 5) is 14.9. The molecule has 0 unspecified atom stereocenters. The van der Waals surface area contributed by atoms with Crippen LogP contribution in [0.2, 0.25) is 5.02 Å². The molecule has 2 aromatic carbocycles. The van der Waals surface area contributed by atoms with Gasteiger partial charge >= 0.3 is 0 Å². The molecule has 138 valence electrons. The van der Waals surface area contributed by atoms with E-state index in [-0.39, 0.29) is 17.7 Å². The molecule has 0 fully saturated rings. The fourth-order valence-electron chi connectivity index (χ4n) is 3.63. The Kier molecular flexibility index (Phi) is 4.62. The van der Waals surface area contributed by atoms with Crippen LogP contribution in [-0.2, 0) is 0 Å². The van der Waals surface area contributed by atoms with Gasteiger partial charge in [-0.15, -0.1) is 0 Å². The summed E-state index contributed by atoms with van der Waals surface area (Å²) in [6.07, 6.45) is 1.91. The maximum atomic E-state index is 13.0. The fourth-order valence-corrected chi connectivity index (χ4v) is 3.75. The third kappa shape index (κ3) is 2.98. The largest absolute Gasteiger partial charge is 0.507 e. The monoisotopic (exact) mass is 381 g/mol. The van der Waals surface area contributed by atoms with Gasteiger partial charge in [0, 0.05) is 22.7 Å². The molecule has 0 saturated carbocycles. The van der Waals surface area contributed by atoms with Crippen molar-refractivity contribution in [2.24, 2.45) is 0 Å². The number of carbonyl (C=O) groups excluding carboxylic acids is 1.